The lowest BCUT2D eigenvalue weighted by atomic mass is 10.2. The molecule has 0 aliphatic heterocycles. The molecule has 0 atom stereocenters. The van der Waals surface area contributed by atoms with Crippen LogP contribution >= 0.6 is 0 Å². The molecule has 0 aliphatic carbocycles. The number of carbonyl (C=O) groups is 1. The van der Waals surface area contributed by atoms with Crippen LogP contribution in [0.5, 0.6) is 0 Å². The van der Waals surface area contributed by atoms with E-state index in [2.05, 4.69) is 10.1 Å². The normalized spacial score (nSPS) is 9.64. The number of carbonyl (C=O) groups excluding carboxylic acids is 1. The molecule has 0 bridgehead atoms. The van der Waals surface area contributed by atoms with Crippen molar-refractivity contribution in [2.45, 2.75) is 25.7 Å². The number of hydrogen-bond donors (Lipinski definition) is 1. The lowest BCUT2D eigenvalue weighted by molar-refractivity contribution is -0.140. The van der Waals surface area contributed by atoms with Gasteiger partial charge in [0.05, 0.1) is 7.11 Å². The quantitative estimate of drug-likeness (QED) is 0.463. The van der Waals surface area contributed by atoms with Gasteiger partial charge < -0.3 is 10.1 Å². The first kappa shape index (κ1) is 10.4. The molecule has 0 amide bonds. The Morgan fingerprint density at radius 2 is 2.09 bits per heavy atom. The third kappa shape index (κ3) is 7.33. The van der Waals surface area contributed by atoms with Crippen LogP contribution < -0.4 is 5.32 Å². The van der Waals surface area contributed by atoms with Crippen molar-refractivity contribution in [1.29, 1.82) is 0 Å². The largest absolute Gasteiger partial charge is 0.469 e. The molecule has 0 heterocycles. The van der Waals surface area contributed by atoms with Crippen molar-refractivity contribution < 1.29 is 9.53 Å². The summed E-state index contributed by atoms with van der Waals surface area (Å²) in [6.07, 6.45) is 3.72. The molecule has 1 N–H and O–H groups in total. The molecule has 3 nitrogen and oxygen atoms in total. The van der Waals surface area contributed by atoms with E-state index < -0.39 is 0 Å². The van der Waals surface area contributed by atoms with Crippen molar-refractivity contribution in [3.8, 4) is 0 Å². The number of nitrogens with one attached hydrogen (secondary N) is 1. The highest BCUT2D eigenvalue weighted by atomic mass is 16.5. The van der Waals surface area contributed by atoms with Gasteiger partial charge in [-0.3, -0.25) is 4.79 Å². The second kappa shape index (κ2) is 7.54. The Hall–Kier alpha value is -0.570. The molecule has 66 valence electrons. The molecule has 0 radical (unpaired) electrons. The fraction of sp³-hybridized carbons (Fsp3) is 0.875. The lowest BCUT2D eigenvalue weighted by Gasteiger charge is -1.99. The zero-order chi connectivity index (χ0) is 8.53. The highest BCUT2D eigenvalue weighted by Crippen LogP contribution is 1.99. The molecule has 0 aromatic rings. The Morgan fingerprint density at radius 3 is 2.64 bits per heavy atom. The van der Waals surface area contributed by atoms with Gasteiger partial charge in [0.15, 0.2) is 0 Å². The zero-order valence-electron chi connectivity index (χ0n) is 7.35. The third-order valence-electron chi connectivity index (χ3n) is 1.54. The van der Waals surface area contributed by atoms with Gasteiger partial charge in [0.25, 0.3) is 0 Å². The Labute approximate surface area is 68.1 Å². The second-order valence-corrected chi connectivity index (χ2v) is 2.49. The van der Waals surface area contributed by atoms with Crippen molar-refractivity contribution in [2.24, 2.45) is 0 Å². The van der Waals surface area contributed by atoms with Gasteiger partial charge >= 0.3 is 5.97 Å². The van der Waals surface area contributed by atoms with Crippen LogP contribution in [-0.4, -0.2) is 26.7 Å². The van der Waals surface area contributed by atoms with Crippen LogP contribution in [0.1, 0.15) is 25.7 Å². The predicted molar refractivity (Wildman–Crippen MR) is 44.4 cm³/mol. The van der Waals surface area contributed by atoms with Crippen LogP contribution in [-0.2, 0) is 9.53 Å². The molecule has 0 saturated carbocycles. The van der Waals surface area contributed by atoms with Gasteiger partial charge in [0.1, 0.15) is 0 Å². The van der Waals surface area contributed by atoms with Crippen LogP contribution in [0, 0.1) is 0 Å². The van der Waals surface area contributed by atoms with Crippen molar-refractivity contribution >= 4 is 5.97 Å². The molecule has 11 heavy (non-hydrogen) atoms. The highest BCUT2D eigenvalue weighted by molar-refractivity contribution is 5.68. The molecule has 3 heteroatoms. The summed E-state index contributed by atoms with van der Waals surface area (Å²) in [6.45, 7) is 1.03. The number of esters is 1. The first-order valence-corrected chi connectivity index (χ1v) is 4.02. The van der Waals surface area contributed by atoms with E-state index in [1.54, 1.807) is 0 Å². The fourth-order valence-corrected chi connectivity index (χ4v) is 0.850. The van der Waals surface area contributed by atoms with Gasteiger partial charge in [-0.05, 0) is 26.4 Å². The third-order valence-corrected chi connectivity index (χ3v) is 1.54. The summed E-state index contributed by atoms with van der Waals surface area (Å²) in [5, 5.41) is 3.05. The molecule has 0 aromatic carbocycles. The van der Waals surface area contributed by atoms with Crippen LogP contribution in [0.15, 0.2) is 0 Å². The van der Waals surface area contributed by atoms with Gasteiger partial charge in [-0.2, -0.15) is 0 Å². The van der Waals surface area contributed by atoms with E-state index in [0.717, 1.165) is 25.8 Å². The Morgan fingerprint density at radius 1 is 1.36 bits per heavy atom. The summed E-state index contributed by atoms with van der Waals surface area (Å²) in [7, 11) is 3.36. The standard InChI is InChI=1S/C8H17NO2/c1-9-7-5-3-4-6-8(10)11-2/h9H,3-7H2,1-2H3. The molecule has 0 fully saturated rings. The maximum absolute atomic E-state index is 10.6. The topological polar surface area (TPSA) is 38.3 Å². The van der Waals surface area contributed by atoms with E-state index in [9.17, 15) is 4.79 Å². The van der Waals surface area contributed by atoms with Crippen LogP contribution in [0.3, 0.4) is 0 Å². The predicted octanol–water partition coefficient (Wildman–Crippen LogP) is 0.939. The minimum atomic E-state index is -0.102. The zero-order valence-corrected chi connectivity index (χ0v) is 7.35. The Balaban J connectivity index is 2.95. The molecule has 0 unspecified atom stereocenters. The Kier molecular flexibility index (Phi) is 7.15. The highest BCUT2D eigenvalue weighted by Gasteiger charge is 1.97. The Bertz CT molecular complexity index is 104. The summed E-state index contributed by atoms with van der Waals surface area (Å²) in [6, 6.07) is 0. The maximum Gasteiger partial charge on any atom is 0.305 e. The van der Waals surface area contributed by atoms with E-state index in [0.29, 0.717) is 6.42 Å². The van der Waals surface area contributed by atoms with E-state index in [1.807, 2.05) is 7.05 Å². The monoisotopic (exact) mass is 159 g/mol. The number of rotatable bonds is 6. The van der Waals surface area contributed by atoms with Gasteiger partial charge in [0.2, 0.25) is 0 Å². The van der Waals surface area contributed by atoms with E-state index in [4.69, 9.17) is 0 Å². The minimum Gasteiger partial charge on any atom is -0.469 e. The van der Waals surface area contributed by atoms with Crippen LogP contribution in [0.25, 0.3) is 0 Å². The van der Waals surface area contributed by atoms with Crippen LogP contribution in [0.4, 0.5) is 0 Å². The molecular formula is C8H17NO2. The summed E-state index contributed by atoms with van der Waals surface area (Å²) >= 11 is 0. The van der Waals surface area contributed by atoms with Gasteiger partial charge in [-0.1, -0.05) is 6.42 Å². The second-order valence-electron chi connectivity index (χ2n) is 2.49. The molecule has 0 rings (SSSR count). The summed E-state index contributed by atoms with van der Waals surface area (Å²) in [5.41, 5.74) is 0. The average molecular weight is 159 g/mol. The maximum atomic E-state index is 10.6. The van der Waals surface area contributed by atoms with Crippen molar-refractivity contribution in [3.05, 3.63) is 0 Å². The smallest absolute Gasteiger partial charge is 0.305 e. The molecule has 0 aliphatic rings. The van der Waals surface area contributed by atoms with Crippen molar-refractivity contribution in [1.82, 2.24) is 5.32 Å². The first-order valence-electron chi connectivity index (χ1n) is 4.02. The average Bonchev–Trinajstić information content (AvgIpc) is 2.04. The van der Waals surface area contributed by atoms with Gasteiger partial charge in [0, 0.05) is 6.42 Å². The summed E-state index contributed by atoms with van der Waals surface area (Å²) < 4.78 is 4.50. The van der Waals surface area contributed by atoms with E-state index >= 15 is 0 Å². The lowest BCUT2D eigenvalue weighted by Crippen LogP contribution is -2.07. The minimum absolute atomic E-state index is 0.102. The summed E-state index contributed by atoms with van der Waals surface area (Å²) in [5.74, 6) is -0.102. The number of ether oxygens (including phenoxy) is 1. The summed E-state index contributed by atoms with van der Waals surface area (Å²) in [4.78, 5) is 10.6. The SMILES string of the molecule is CNCCCCCC(=O)OC. The van der Waals surface area contributed by atoms with Crippen molar-refractivity contribution in [2.75, 3.05) is 20.7 Å². The number of unbranched alkanes of at least 4 members (excludes halogenated alkanes) is 2. The first-order chi connectivity index (χ1) is 5.31. The van der Waals surface area contributed by atoms with E-state index in [-0.39, 0.29) is 5.97 Å². The molecule has 0 spiro atoms. The van der Waals surface area contributed by atoms with E-state index in [1.165, 1.54) is 7.11 Å². The van der Waals surface area contributed by atoms with Gasteiger partial charge in [-0.25, -0.2) is 0 Å². The van der Waals surface area contributed by atoms with Gasteiger partial charge in [-0.15, -0.1) is 0 Å². The fourth-order valence-electron chi connectivity index (χ4n) is 0.850. The molecule has 0 saturated heterocycles. The van der Waals surface area contributed by atoms with Crippen molar-refractivity contribution in [3.63, 3.8) is 0 Å². The molecular weight excluding hydrogens is 142 g/mol. The van der Waals surface area contributed by atoms with Crippen LogP contribution in [0.2, 0.25) is 0 Å². The number of hydrogen-bond acceptors (Lipinski definition) is 3. The number of methoxy groups -OCH3 is 1. The molecule has 0 aromatic heterocycles.